The lowest BCUT2D eigenvalue weighted by Gasteiger charge is -2.50. The number of methoxy groups -OCH3 is 1. The molecule has 2 saturated heterocycles. The molecule has 7 nitrogen and oxygen atoms in total. The van der Waals surface area contributed by atoms with Gasteiger partial charge in [-0.25, -0.2) is 4.39 Å². The zero-order valence-electron chi connectivity index (χ0n) is 21.1. The predicted octanol–water partition coefficient (Wildman–Crippen LogP) is 4.80. The van der Waals surface area contributed by atoms with Gasteiger partial charge in [-0.3, -0.25) is 9.59 Å². The number of ether oxygens (including phenoxy) is 1. The first-order valence-electron chi connectivity index (χ1n) is 12.5. The van der Waals surface area contributed by atoms with Crippen molar-refractivity contribution in [2.75, 3.05) is 26.7 Å². The number of hydrogen-bond donors (Lipinski definition) is 1. The smallest absolute Gasteiger partial charge is 0.364 e. The maximum Gasteiger partial charge on any atom is 0.430 e. The molecule has 5 rings (SSSR count). The number of nitrogens with zero attached hydrogens (tertiary/aromatic N) is 2. The number of carbonyl (C=O) groups is 2. The van der Waals surface area contributed by atoms with Crippen LogP contribution in [0.25, 0.3) is 11.1 Å². The van der Waals surface area contributed by atoms with E-state index in [-0.39, 0.29) is 42.7 Å². The van der Waals surface area contributed by atoms with Crippen LogP contribution in [-0.2, 0) is 19.9 Å². The van der Waals surface area contributed by atoms with E-state index < -0.39 is 23.1 Å². The molecule has 0 saturated carbocycles. The molecule has 2 aliphatic heterocycles. The van der Waals surface area contributed by atoms with E-state index in [1.54, 1.807) is 18.2 Å². The van der Waals surface area contributed by atoms with E-state index >= 15 is 0 Å². The summed E-state index contributed by atoms with van der Waals surface area (Å²) in [4.78, 5) is 27.3. The average molecular weight is 546 g/mol. The molecule has 2 amide bonds. The van der Waals surface area contributed by atoms with Gasteiger partial charge in [0.1, 0.15) is 12.1 Å². The number of carbonyl (C=O) groups excluding carboxylic acids is 2. The summed E-state index contributed by atoms with van der Waals surface area (Å²) in [5.74, 6) is -1.92. The summed E-state index contributed by atoms with van der Waals surface area (Å²) in [6.07, 6.45) is -1.61. The van der Waals surface area contributed by atoms with E-state index in [0.717, 1.165) is 12.7 Å². The summed E-state index contributed by atoms with van der Waals surface area (Å²) in [5.41, 5.74) is -2.48. The molecule has 0 radical (unpaired) electrons. The fraction of sp³-hybridized carbons (Fsp3) is 0.393. The van der Waals surface area contributed by atoms with Gasteiger partial charge in [-0.2, -0.15) is 13.2 Å². The van der Waals surface area contributed by atoms with Crippen molar-refractivity contribution in [3.8, 4) is 11.1 Å². The van der Waals surface area contributed by atoms with Crippen molar-refractivity contribution in [1.29, 1.82) is 0 Å². The summed E-state index contributed by atoms with van der Waals surface area (Å²) in [7, 11) is 0.874. The summed E-state index contributed by atoms with van der Waals surface area (Å²) >= 11 is 0. The van der Waals surface area contributed by atoms with Gasteiger partial charge in [-0.15, -0.1) is 0 Å². The predicted molar refractivity (Wildman–Crippen MR) is 132 cm³/mol. The third-order valence-corrected chi connectivity index (χ3v) is 8.12. The fourth-order valence-electron chi connectivity index (χ4n) is 6.00. The van der Waals surface area contributed by atoms with Crippen LogP contribution >= 0.6 is 0 Å². The molecule has 3 aromatic rings. The largest absolute Gasteiger partial charge is 0.430 e. The molecule has 1 aromatic heterocycles. The lowest BCUT2D eigenvalue weighted by molar-refractivity contribution is -0.271. The molecule has 0 aliphatic carbocycles. The molecule has 206 valence electrons. The quantitative estimate of drug-likeness (QED) is 0.466. The number of amides is 2. The zero-order valence-corrected chi connectivity index (χ0v) is 21.1. The van der Waals surface area contributed by atoms with Gasteiger partial charge >= 0.3 is 6.18 Å². The van der Waals surface area contributed by atoms with Crippen LogP contribution in [0.15, 0.2) is 65.5 Å². The SMILES string of the molecule is COC(C(=O)N1CCC2(CC1)CC(=O)NC[C@H]2c1ccc(F)cc1)(c1cccc(-c2cnoc2)c1)C(F)(F)F. The standard InChI is InChI=1S/C28H27F4N3O4/c1-38-27(28(30,31)32,21-4-2-3-19(13-21)20-15-34-39-17-20)25(37)35-11-9-26(10-12-35)14-24(36)33-16-23(26)18-5-7-22(29)8-6-18/h2-8,13,15,17,23H,9-12,14,16H2,1H3,(H,33,36)/t23-,27?/m0/s1. The maximum atomic E-state index is 14.8. The molecule has 1 spiro atoms. The third kappa shape index (κ3) is 4.69. The normalized spacial score (nSPS) is 20.9. The van der Waals surface area contributed by atoms with E-state index in [2.05, 4.69) is 10.5 Å². The molecule has 2 aromatic carbocycles. The van der Waals surface area contributed by atoms with Crippen LogP contribution in [0.2, 0.25) is 0 Å². The second kappa shape index (κ2) is 10.1. The molecule has 2 aliphatic rings. The average Bonchev–Trinajstić information content (AvgIpc) is 3.45. The van der Waals surface area contributed by atoms with Crippen molar-refractivity contribution in [2.45, 2.75) is 37.0 Å². The third-order valence-electron chi connectivity index (χ3n) is 8.12. The Kier molecular flexibility index (Phi) is 6.96. The minimum absolute atomic E-state index is 0.0103. The number of nitrogens with one attached hydrogen (secondary N) is 1. The van der Waals surface area contributed by atoms with Gasteiger partial charge in [0, 0.05) is 50.2 Å². The Morgan fingerprint density at radius 1 is 1.13 bits per heavy atom. The van der Waals surface area contributed by atoms with Crippen LogP contribution in [0.3, 0.4) is 0 Å². The number of hydrogen-bond acceptors (Lipinski definition) is 5. The molecular formula is C28H27F4N3O4. The monoisotopic (exact) mass is 545 g/mol. The van der Waals surface area contributed by atoms with Gasteiger partial charge in [0.25, 0.3) is 11.5 Å². The zero-order chi connectivity index (χ0) is 27.8. The van der Waals surface area contributed by atoms with Crippen molar-refractivity contribution in [3.05, 3.63) is 77.9 Å². The first kappa shape index (κ1) is 26.9. The minimum Gasteiger partial charge on any atom is -0.364 e. The lowest BCUT2D eigenvalue weighted by Crippen LogP contribution is -2.60. The van der Waals surface area contributed by atoms with E-state index in [9.17, 15) is 27.2 Å². The maximum absolute atomic E-state index is 14.8. The number of alkyl halides is 3. The van der Waals surface area contributed by atoms with Crippen LogP contribution in [-0.4, -0.2) is 54.8 Å². The highest BCUT2D eigenvalue weighted by atomic mass is 19.4. The summed E-state index contributed by atoms with van der Waals surface area (Å²) in [6, 6.07) is 11.5. The van der Waals surface area contributed by atoms with Crippen molar-refractivity contribution in [3.63, 3.8) is 0 Å². The molecule has 2 atom stereocenters. The van der Waals surface area contributed by atoms with Gasteiger partial charge in [0.2, 0.25) is 5.91 Å². The molecule has 0 bridgehead atoms. The van der Waals surface area contributed by atoms with Crippen LogP contribution in [0.4, 0.5) is 17.6 Å². The molecule has 2 fully saturated rings. The Balaban J connectivity index is 1.45. The van der Waals surface area contributed by atoms with Crippen molar-refractivity contribution in [2.24, 2.45) is 5.41 Å². The Bertz CT molecular complexity index is 1340. The Hall–Kier alpha value is -3.73. The molecule has 39 heavy (non-hydrogen) atoms. The summed E-state index contributed by atoms with van der Waals surface area (Å²) in [6.45, 7) is 0.352. The summed E-state index contributed by atoms with van der Waals surface area (Å²) in [5, 5.41) is 6.45. The van der Waals surface area contributed by atoms with E-state index in [1.165, 1.54) is 47.7 Å². The van der Waals surface area contributed by atoms with Crippen LogP contribution in [0.5, 0.6) is 0 Å². The van der Waals surface area contributed by atoms with Gasteiger partial charge in [-0.1, -0.05) is 35.5 Å². The van der Waals surface area contributed by atoms with Gasteiger partial charge in [-0.05, 0) is 47.6 Å². The number of rotatable bonds is 5. The van der Waals surface area contributed by atoms with Crippen LogP contribution in [0.1, 0.15) is 36.3 Å². The van der Waals surface area contributed by atoms with Gasteiger partial charge < -0.3 is 19.5 Å². The molecule has 1 unspecified atom stereocenters. The Labute approximate surface area is 222 Å². The second-order valence-corrected chi connectivity index (χ2v) is 10.1. The number of halogens is 4. The van der Waals surface area contributed by atoms with Crippen LogP contribution in [0, 0.1) is 11.2 Å². The van der Waals surface area contributed by atoms with E-state index in [1.807, 2.05) is 0 Å². The number of benzene rings is 2. The first-order valence-corrected chi connectivity index (χ1v) is 12.5. The lowest BCUT2D eigenvalue weighted by atomic mass is 9.62. The molecular weight excluding hydrogens is 518 g/mol. The number of likely N-dealkylation sites (tertiary alicyclic amines) is 1. The number of piperidine rings is 2. The second-order valence-electron chi connectivity index (χ2n) is 10.1. The van der Waals surface area contributed by atoms with Crippen molar-refractivity contribution >= 4 is 11.8 Å². The van der Waals surface area contributed by atoms with Crippen molar-refractivity contribution in [1.82, 2.24) is 15.4 Å². The van der Waals surface area contributed by atoms with E-state index in [4.69, 9.17) is 9.26 Å². The fourth-order valence-corrected chi connectivity index (χ4v) is 6.00. The minimum atomic E-state index is -5.07. The van der Waals surface area contributed by atoms with Crippen LogP contribution < -0.4 is 5.32 Å². The van der Waals surface area contributed by atoms with Crippen molar-refractivity contribution < 1.29 is 36.4 Å². The van der Waals surface area contributed by atoms with E-state index in [0.29, 0.717) is 30.5 Å². The topological polar surface area (TPSA) is 84.7 Å². The molecule has 1 N–H and O–H groups in total. The highest BCUT2D eigenvalue weighted by Crippen LogP contribution is 2.50. The van der Waals surface area contributed by atoms with Gasteiger partial charge in [0.05, 0.1) is 6.20 Å². The van der Waals surface area contributed by atoms with Gasteiger partial charge in [0.15, 0.2) is 0 Å². The highest BCUT2D eigenvalue weighted by Gasteiger charge is 2.64. The number of aromatic nitrogens is 1. The first-order chi connectivity index (χ1) is 18.6. The summed E-state index contributed by atoms with van der Waals surface area (Å²) < 4.78 is 67.7. The molecule has 11 heteroatoms. The Morgan fingerprint density at radius 2 is 1.85 bits per heavy atom. The highest BCUT2D eigenvalue weighted by molar-refractivity contribution is 5.88. The Morgan fingerprint density at radius 3 is 2.46 bits per heavy atom. The molecule has 3 heterocycles.